The zero-order valence-corrected chi connectivity index (χ0v) is 20.4. The van der Waals surface area contributed by atoms with E-state index in [0.29, 0.717) is 0 Å². The first-order valence-corrected chi connectivity index (χ1v) is 11.6. The van der Waals surface area contributed by atoms with Crippen LogP contribution in [-0.4, -0.2) is 117 Å². The molecule has 2 fully saturated rings. The van der Waals surface area contributed by atoms with E-state index >= 15 is 0 Å². The molecule has 0 radical (unpaired) electrons. The maximum Gasteiger partial charge on any atom is 0.269 e. The van der Waals surface area contributed by atoms with Crippen molar-refractivity contribution in [2.24, 2.45) is 0 Å². The first-order valence-electron chi connectivity index (χ1n) is 11.6. The van der Waals surface area contributed by atoms with Gasteiger partial charge in [0.2, 0.25) is 18.1 Å². The number of nitro groups is 1. The largest absolute Gasteiger partial charge is 0.463 e. The van der Waals surface area contributed by atoms with E-state index in [1.54, 1.807) is 0 Å². The zero-order chi connectivity index (χ0) is 28.1. The molecule has 0 spiro atoms. The van der Waals surface area contributed by atoms with Crippen LogP contribution in [-0.2, 0) is 23.8 Å². The van der Waals surface area contributed by atoms with Crippen molar-refractivity contribution in [3.8, 4) is 5.75 Å². The van der Waals surface area contributed by atoms with Gasteiger partial charge in [-0.1, -0.05) is 0 Å². The molecule has 1 aromatic rings. The number of hydrogen-bond acceptors (Lipinski definition) is 13. The smallest absolute Gasteiger partial charge is 0.269 e. The molecule has 2 saturated heterocycles. The lowest BCUT2D eigenvalue weighted by atomic mass is 9.96. The average Bonchev–Trinajstić information content (AvgIpc) is 2.86. The maximum atomic E-state index is 11.7. The molecule has 16 heteroatoms. The molecule has 3 rings (SSSR count). The van der Waals surface area contributed by atoms with Crippen LogP contribution < -0.4 is 15.4 Å². The Hall–Kier alpha value is -2.96. The summed E-state index contributed by atoms with van der Waals surface area (Å²) in [5.41, 5.74) is -0.197. The third kappa shape index (κ3) is 6.91. The Morgan fingerprint density at radius 1 is 0.895 bits per heavy atom. The summed E-state index contributed by atoms with van der Waals surface area (Å²) >= 11 is 0. The maximum absolute atomic E-state index is 11.7. The van der Waals surface area contributed by atoms with Gasteiger partial charge < -0.3 is 55.1 Å². The number of carbonyl (C=O) groups excluding carboxylic acids is 2. The van der Waals surface area contributed by atoms with Crippen LogP contribution in [0.15, 0.2) is 24.3 Å². The van der Waals surface area contributed by atoms with Crippen molar-refractivity contribution in [2.45, 2.75) is 75.1 Å². The number of aliphatic hydroxyl groups is 5. The molecule has 0 bridgehead atoms. The Bertz CT molecular complexity index is 980. The molecule has 0 unspecified atom stereocenters. The fourth-order valence-electron chi connectivity index (χ4n) is 4.14. The number of nitro benzene ring substituents is 1. The van der Waals surface area contributed by atoms with E-state index in [2.05, 4.69) is 10.6 Å². The average molecular weight is 545 g/mol. The summed E-state index contributed by atoms with van der Waals surface area (Å²) in [6, 6.07) is 2.42. The minimum atomic E-state index is -1.62. The summed E-state index contributed by atoms with van der Waals surface area (Å²) in [7, 11) is 0. The normalized spacial score (nSPS) is 35.2. The Morgan fingerprint density at radius 2 is 1.39 bits per heavy atom. The van der Waals surface area contributed by atoms with Crippen molar-refractivity contribution < 1.29 is 59.0 Å². The predicted octanol–water partition coefficient (Wildman–Crippen LogP) is -3.11. The monoisotopic (exact) mass is 545 g/mol. The molecule has 7 N–H and O–H groups in total. The molecule has 212 valence electrons. The quantitative estimate of drug-likeness (QED) is 0.120. The van der Waals surface area contributed by atoms with Gasteiger partial charge in [-0.15, -0.1) is 0 Å². The summed E-state index contributed by atoms with van der Waals surface area (Å²) in [6.45, 7) is 1.18. The fraction of sp³-hybridized carbons (Fsp3) is 0.636. The molecule has 0 aromatic heterocycles. The van der Waals surface area contributed by atoms with Gasteiger partial charge in [0.05, 0.1) is 18.1 Å². The van der Waals surface area contributed by atoms with Gasteiger partial charge in [0.1, 0.15) is 54.5 Å². The second-order valence-corrected chi connectivity index (χ2v) is 8.89. The van der Waals surface area contributed by atoms with E-state index in [1.165, 1.54) is 38.1 Å². The Labute approximate surface area is 216 Å². The number of rotatable bonds is 9. The summed E-state index contributed by atoms with van der Waals surface area (Å²) in [5, 5.41) is 67.1. The molecule has 0 saturated carbocycles. The zero-order valence-electron chi connectivity index (χ0n) is 20.4. The highest BCUT2D eigenvalue weighted by Gasteiger charge is 2.49. The van der Waals surface area contributed by atoms with Crippen molar-refractivity contribution in [1.29, 1.82) is 0 Å². The summed E-state index contributed by atoms with van der Waals surface area (Å²) < 4.78 is 22.6. The first kappa shape index (κ1) is 29.6. The van der Waals surface area contributed by atoms with Crippen LogP contribution in [0.25, 0.3) is 0 Å². The van der Waals surface area contributed by atoms with Gasteiger partial charge in [-0.25, -0.2) is 0 Å². The molecule has 2 heterocycles. The van der Waals surface area contributed by atoms with Gasteiger partial charge >= 0.3 is 0 Å². The Kier molecular flexibility index (Phi) is 9.91. The van der Waals surface area contributed by atoms with Gasteiger partial charge in [-0.2, -0.15) is 0 Å². The van der Waals surface area contributed by atoms with Crippen LogP contribution in [0.5, 0.6) is 5.75 Å². The summed E-state index contributed by atoms with van der Waals surface area (Å²) in [5.74, 6) is -1.03. The molecular formula is C22H31N3O13. The molecule has 38 heavy (non-hydrogen) atoms. The number of ether oxygens (including phenoxy) is 4. The highest BCUT2D eigenvalue weighted by atomic mass is 16.7. The minimum Gasteiger partial charge on any atom is -0.463 e. The Morgan fingerprint density at radius 3 is 1.89 bits per heavy atom. The summed E-state index contributed by atoms with van der Waals surface area (Å²) in [4.78, 5) is 33.6. The second kappa shape index (κ2) is 12.7. The van der Waals surface area contributed by atoms with Crippen LogP contribution in [0.2, 0.25) is 0 Å². The van der Waals surface area contributed by atoms with Crippen LogP contribution >= 0.6 is 0 Å². The van der Waals surface area contributed by atoms with Gasteiger partial charge in [-0.3, -0.25) is 19.7 Å². The fourth-order valence-corrected chi connectivity index (χ4v) is 4.14. The van der Waals surface area contributed by atoms with Crippen LogP contribution in [0.1, 0.15) is 13.8 Å². The van der Waals surface area contributed by atoms with E-state index in [9.17, 15) is 45.2 Å². The molecule has 10 atom stereocenters. The molecule has 2 aliphatic rings. The van der Waals surface area contributed by atoms with Gasteiger partial charge in [0, 0.05) is 26.0 Å². The van der Waals surface area contributed by atoms with Crippen molar-refractivity contribution in [3.05, 3.63) is 34.4 Å². The van der Waals surface area contributed by atoms with Crippen LogP contribution in [0.4, 0.5) is 5.69 Å². The van der Waals surface area contributed by atoms with E-state index in [4.69, 9.17) is 18.9 Å². The number of nitrogens with zero attached hydrogens (tertiary/aromatic N) is 1. The van der Waals surface area contributed by atoms with Crippen molar-refractivity contribution in [2.75, 3.05) is 13.2 Å². The van der Waals surface area contributed by atoms with Gasteiger partial charge in [0.15, 0.2) is 6.29 Å². The highest BCUT2D eigenvalue weighted by Crippen LogP contribution is 2.28. The number of nitrogens with one attached hydrogen (secondary N) is 2. The first-order chi connectivity index (χ1) is 17.9. The number of benzene rings is 1. The lowest BCUT2D eigenvalue weighted by Crippen LogP contribution is -2.67. The van der Waals surface area contributed by atoms with Crippen molar-refractivity contribution in [1.82, 2.24) is 10.6 Å². The third-order valence-corrected chi connectivity index (χ3v) is 6.05. The predicted molar refractivity (Wildman–Crippen MR) is 123 cm³/mol. The van der Waals surface area contributed by atoms with Gasteiger partial charge in [0.25, 0.3) is 5.69 Å². The van der Waals surface area contributed by atoms with E-state index < -0.39 is 91.2 Å². The van der Waals surface area contributed by atoms with Crippen molar-refractivity contribution in [3.63, 3.8) is 0 Å². The molecule has 1 aromatic carbocycles. The number of carbonyl (C=O) groups is 2. The highest BCUT2D eigenvalue weighted by molar-refractivity contribution is 5.73. The number of amides is 2. The lowest BCUT2D eigenvalue weighted by molar-refractivity contribution is -0.384. The van der Waals surface area contributed by atoms with E-state index in [-0.39, 0.29) is 11.4 Å². The topological polar surface area (TPSA) is 239 Å². The SMILES string of the molecule is CC(=O)N[C@H]1[C@@H](Oc2ccc([N+](=O)[O-])cc2)O[C@H](CO[C@@H]2O[C@H](CO)[C@@H](O)[C@H](O)[C@H]2NC(C)=O)[C@H](O)[C@@H]1O. The lowest BCUT2D eigenvalue weighted by Gasteiger charge is -2.44. The molecule has 2 amide bonds. The minimum absolute atomic E-state index is 0.100. The number of hydrogen-bond donors (Lipinski definition) is 7. The summed E-state index contributed by atoms with van der Waals surface area (Å²) in [6.07, 6.45) is -11.7. The van der Waals surface area contributed by atoms with E-state index in [1.807, 2.05) is 0 Å². The number of aliphatic hydroxyl groups excluding tert-OH is 5. The molecular weight excluding hydrogens is 514 g/mol. The van der Waals surface area contributed by atoms with Crippen LogP contribution in [0, 0.1) is 10.1 Å². The molecule has 16 nitrogen and oxygen atoms in total. The standard InChI is InChI=1S/C22H31N3O13/c1-9(27)23-15-19(31)17(29)13(7-26)37-21(15)35-8-14-18(30)20(32)16(24-10(2)28)22(38-14)36-12-5-3-11(4-6-12)25(33)34/h3-6,13-22,26,29-32H,7-8H2,1-2H3,(H,23,27)(H,24,28)/t13-,14-,15-,16-,17-,18+,19-,20-,21-,22+/m1/s1. The number of non-ortho nitro benzene ring substituents is 1. The van der Waals surface area contributed by atoms with Crippen molar-refractivity contribution >= 4 is 17.5 Å². The molecule has 0 aliphatic carbocycles. The Balaban J connectivity index is 1.77. The second-order valence-electron chi connectivity index (χ2n) is 8.89. The van der Waals surface area contributed by atoms with Gasteiger partial charge in [-0.05, 0) is 12.1 Å². The molecule has 2 aliphatic heterocycles. The van der Waals surface area contributed by atoms with Crippen LogP contribution in [0.3, 0.4) is 0 Å². The van der Waals surface area contributed by atoms with E-state index in [0.717, 1.165) is 0 Å². The third-order valence-electron chi connectivity index (χ3n) is 6.05.